The van der Waals surface area contributed by atoms with Gasteiger partial charge in [-0.15, -0.1) is 0 Å². The van der Waals surface area contributed by atoms with Crippen molar-refractivity contribution in [3.05, 3.63) is 17.6 Å². The first-order valence-corrected chi connectivity index (χ1v) is 8.65. The van der Waals surface area contributed by atoms with Gasteiger partial charge in [0.25, 0.3) is 5.91 Å². The normalized spacial score (nSPS) is 21.6. The summed E-state index contributed by atoms with van der Waals surface area (Å²) in [6.45, 7) is 1.46. The van der Waals surface area contributed by atoms with Crippen LogP contribution in [-0.2, 0) is 14.8 Å². The number of aryl methyl sites for hydroxylation is 1. The molecule has 2 rings (SSSR count). The molecule has 0 spiro atoms. The van der Waals surface area contributed by atoms with E-state index in [1.165, 1.54) is 27.1 Å². The number of furan rings is 1. The van der Waals surface area contributed by atoms with Crippen molar-refractivity contribution in [2.45, 2.75) is 37.1 Å². The summed E-state index contributed by atoms with van der Waals surface area (Å²) in [5.74, 6) is -2.20. The lowest BCUT2D eigenvalue weighted by Crippen LogP contribution is -2.40. The summed E-state index contributed by atoms with van der Waals surface area (Å²) in [6.07, 6.45) is 1.81. The Hall–Kier alpha value is -1.87. The van der Waals surface area contributed by atoms with Gasteiger partial charge in [-0.05, 0) is 19.8 Å². The van der Waals surface area contributed by atoms with Crippen LogP contribution in [0, 0.1) is 12.8 Å². The topological polar surface area (TPSA) is 117 Å². The zero-order valence-corrected chi connectivity index (χ0v) is 14.0. The van der Waals surface area contributed by atoms with E-state index in [1.54, 1.807) is 0 Å². The van der Waals surface area contributed by atoms with Gasteiger partial charge in [-0.2, -0.15) is 0 Å². The van der Waals surface area contributed by atoms with Crippen LogP contribution >= 0.6 is 0 Å². The average Bonchev–Trinajstić information content (AvgIpc) is 3.05. The zero-order valence-electron chi connectivity index (χ0n) is 13.2. The number of nitrogens with one attached hydrogen (secondary N) is 1. The van der Waals surface area contributed by atoms with E-state index in [1.807, 2.05) is 0 Å². The van der Waals surface area contributed by atoms with Gasteiger partial charge in [0.2, 0.25) is 10.0 Å². The van der Waals surface area contributed by atoms with Crippen LogP contribution in [0.2, 0.25) is 0 Å². The highest BCUT2D eigenvalue weighted by Gasteiger charge is 2.35. The lowest BCUT2D eigenvalue weighted by molar-refractivity contribution is -0.142. The summed E-state index contributed by atoms with van der Waals surface area (Å²) >= 11 is 0. The van der Waals surface area contributed by atoms with E-state index in [2.05, 4.69) is 5.32 Å². The molecule has 0 radical (unpaired) electrons. The van der Waals surface area contributed by atoms with Crippen LogP contribution in [0.3, 0.4) is 0 Å². The zero-order chi connectivity index (χ0) is 17.4. The molecule has 1 aliphatic carbocycles. The molecule has 1 aromatic heterocycles. The molecule has 0 bridgehead atoms. The van der Waals surface area contributed by atoms with E-state index < -0.39 is 33.9 Å². The number of carboxylic acids is 1. The molecule has 1 aliphatic rings. The molecule has 128 valence electrons. The van der Waals surface area contributed by atoms with Gasteiger partial charge in [0.1, 0.15) is 10.7 Å². The quantitative estimate of drug-likeness (QED) is 0.817. The number of rotatable bonds is 5. The predicted octanol–water partition coefficient (Wildman–Crippen LogP) is 0.821. The molecule has 1 aromatic rings. The van der Waals surface area contributed by atoms with Gasteiger partial charge in [0.05, 0.1) is 5.92 Å². The first-order chi connectivity index (χ1) is 10.6. The molecule has 9 heteroatoms. The molecular formula is C14H20N2O6S. The Balaban J connectivity index is 2.20. The minimum atomic E-state index is -3.71. The highest BCUT2D eigenvalue weighted by molar-refractivity contribution is 7.89. The number of carboxylic acid groups (broad SMARTS) is 1. The molecule has 23 heavy (non-hydrogen) atoms. The summed E-state index contributed by atoms with van der Waals surface area (Å²) in [6, 6.07) is 0.698. The molecule has 0 unspecified atom stereocenters. The Morgan fingerprint density at radius 2 is 2.00 bits per heavy atom. The van der Waals surface area contributed by atoms with Crippen LogP contribution in [0.4, 0.5) is 0 Å². The predicted molar refractivity (Wildman–Crippen MR) is 80.5 cm³/mol. The van der Waals surface area contributed by atoms with Gasteiger partial charge in [0, 0.05) is 26.2 Å². The lowest BCUT2D eigenvalue weighted by atomic mass is 10.0. The Morgan fingerprint density at radius 3 is 2.57 bits per heavy atom. The molecule has 2 atom stereocenters. The molecule has 0 aliphatic heterocycles. The van der Waals surface area contributed by atoms with Gasteiger partial charge in [0.15, 0.2) is 5.76 Å². The number of nitrogens with zero attached hydrogens (tertiary/aromatic N) is 1. The summed E-state index contributed by atoms with van der Waals surface area (Å²) < 4.78 is 30.5. The second-order valence-electron chi connectivity index (χ2n) is 5.77. The van der Waals surface area contributed by atoms with Crippen molar-refractivity contribution in [3.8, 4) is 0 Å². The maximum Gasteiger partial charge on any atom is 0.308 e. The average molecular weight is 344 g/mol. The monoisotopic (exact) mass is 344 g/mol. The summed E-state index contributed by atoms with van der Waals surface area (Å²) in [4.78, 5) is 23.3. The molecule has 2 N–H and O–H groups in total. The third-order valence-electron chi connectivity index (χ3n) is 4.00. The van der Waals surface area contributed by atoms with Gasteiger partial charge >= 0.3 is 5.97 Å². The number of amides is 1. The minimum Gasteiger partial charge on any atom is -0.481 e. The van der Waals surface area contributed by atoms with Crippen molar-refractivity contribution in [3.63, 3.8) is 0 Å². The van der Waals surface area contributed by atoms with Crippen molar-refractivity contribution < 1.29 is 27.5 Å². The highest BCUT2D eigenvalue weighted by atomic mass is 32.2. The molecule has 1 saturated carbocycles. The Morgan fingerprint density at radius 1 is 1.35 bits per heavy atom. The van der Waals surface area contributed by atoms with Crippen LogP contribution < -0.4 is 5.32 Å². The first-order valence-electron chi connectivity index (χ1n) is 7.21. The maximum atomic E-state index is 12.2. The van der Waals surface area contributed by atoms with Crippen LogP contribution in [0.15, 0.2) is 15.4 Å². The van der Waals surface area contributed by atoms with E-state index in [0.717, 1.165) is 10.7 Å². The van der Waals surface area contributed by atoms with E-state index in [4.69, 9.17) is 9.52 Å². The summed E-state index contributed by atoms with van der Waals surface area (Å²) in [7, 11) is -0.933. The molecule has 0 saturated heterocycles. The highest BCUT2D eigenvalue weighted by Crippen LogP contribution is 2.27. The smallest absolute Gasteiger partial charge is 0.308 e. The first kappa shape index (κ1) is 17.5. The Bertz CT molecular complexity index is 722. The maximum absolute atomic E-state index is 12.2. The van der Waals surface area contributed by atoms with Gasteiger partial charge in [-0.3, -0.25) is 9.59 Å². The largest absolute Gasteiger partial charge is 0.481 e. The molecule has 1 fully saturated rings. The fourth-order valence-corrected chi connectivity index (χ4v) is 3.75. The van der Waals surface area contributed by atoms with Crippen LogP contribution in [0.5, 0.6) is 0 Å². The Kier molecular flexibility index (Phi) is 4.81. The van der Waals surface area contributed by atoms with E-state index >= 15 is 0 Å². The summed E-state index contributed by atoms with van der Waals surface area (Å²) in [5, 5.41) is 11.7. The van der Waals surface area contributed by atoms with E-state index in [9.17, 15) is 18.0 Å². The van der Waals surface area contributed by atoms with Crippen molar-refractivity contribution in [2.24, 2.45) is 5.92 Å². The van der Waals surface area contributed by atoms with Crippen molar-refractivity contribution in [1.82, 2.24) is 9.62 Å². The second-order valence-corrected chi connectivity index (χ2v) is 7.89. The summed E-state index contributed by atoms with van der Waals surface area (Å²) in [5.41, 5.74) is 0. The number of hydrogen-bond donors (Lipinski definition) is 2. The third kappa shape index (κ3) is 3.40. The van der Waals surface area contributed by atoms with Crippen LogP contribution in [-0.4, -0.2) is 49.8 Å². The second kappa shape index (κ2) is 6.32. The number of sulfonamides is 1. The number of carbonyl (C=O) groups excluding carboxylic acids is 1. The molecule has 8 nitrogen and oxygen atoms in total. The molecule has 0 aromatic carbocycles. The number of hydrogen-bond acceptors (Lipinski definition) is 5. The fraction of sp³-hybridized carbons (Fsp3) is 0.571. The molecule has 1 heterocycles. The minimum absolute atomic E-state index is 0.0751. The molecular weight excluding hydrogens is 324 g/mol. The van der Waals surface area contributed by atoms with Crippen molar-refractivity contribution in [2.75, 3.05) is 14.1 Å². The van der Waals surface area contributed by atoms with Crippen molar-refractivity contribution >= 4 is 21.9 Å². The Labute approximate surface area is 134 Å². The van der Waals surface area contributed by atoms with Crippen molar-refractivity contribution in [1.29, 1.82) is 0 Å². The van der Waals surface area contributed by atoms with Gasteiger partial charge in [-0.1, -0.05) is 6.42 Å². The fourth-order valence-electron chi connectivity index (χ4n) is 2.70. The SMILES string of the molecule is Cc1oc(C(=O)N[C@@H]2CCC[C@@H]2C(=O)O)cc1S(=O)(=O)N(C)C. The third-order valence-corrected chi connectivity index (χ3v) is 5.93. The van der Waals surface area contributed by atoms with E-state index in [0.29, 0.717) is 12.8 Å². The number of aliphatic carboxylic acids is 1. The number of carbonyl (C=O) groups is 2. The van der Waals surface area contributed by atoms with Crippen LogP contribution in [0.1, 0.15) is 35.6 Å². The standard InChI is InChI=1S/C14H20N2O6S/c1-8-12(23(20,21)16(2)3)7-11(22-8)13(17)15-10-6-4-5-9(10)14(18)19/h7,9-10H,4-6H2,1-3H3,(H,15,17)(H,18,19)/t9-,10+/m0/s1. The van der Waals surface area contributed by atoms with Crippen LogP contribution in [0.25, 0.3) is 0 Å². The molecule has 1 amide bonds. The van der Waals surface area contributed by atoms with Gasteiger partial charge < -0.3 is 14.8 Å². The lowest BCUT2D eigenvalue weighted by Gasteiger charge is -2.16. The van der Waals surface area contributed by atoms with E-state index in [-0.39, 0.29) is 16.4 Å². The van der Waals surface area contributed by atoms with Gasteiger partial charge in [-0.25, -0.2) is 12.7 Å².